The lowest BCUT2D eigenvalue weighted by Crippen LogP contribution is -2.23. The summed E-state index contributed by atoms with van der Waals surface area (Å²) in [6, 6.07) is 6.18. The molecule has 1 aliphatic rings. The van der Waals surface area contributed by atoms with Crippen LogP contribution in [0, 0.1) is 5.92 Å². The molecule has 0 radical (unpaired) electrons. The number of halogens is 1. The standard InChI is InChI=1S/C14H18BrN5/c1-9-4-2-3-5-13(9)20-14(17-18-19-20)10-6-11(15)8-12(16)7-10/h6-9,13H,2-5,16H2,1H3. The number of hydrogen-bond acceptors (Lipinski definition) is 4. The normalized spacial score (nSPS) is 22.9. The van der Waals surface area contributed by atoms with E-state index in [1.807, 2.05) is 22.9 Å². The Morgan fingerprint density at radius 1 is 1.25 bits per heavy atom. The van der Waals surface area contributed by atoms with Gasteiger partial charge in [-0.3, -0.25) is 0 Å². The molecule has 1 aromatic carbocycles. The topological polar surface area (TPSA) is 69.6 Å². The molecule has 0 bridgehead atoms. The molecule has 2 N–H and O–H groups in total. The SMILES string of the molecule is CC1CCCCC1n1nnnc1-c1cc(N)cc(Br)c1. The van der Waals surface area contributed by atoms with E-state index in [0.29, 0.717) is 17.6 Å². The van der Waals surface area contributed by atoms with Crippen molar-refractivity contribution in [2.24, 2.45) is 5.92 Å². The molecule has 3 rings (SSSR count). The molecule has 0 spiro atoms. The molecule has 0 aliphatic heterocycles. The second kappa shape index (κ2) is 5.52. The lowest BCUT2D eigenvalue weighted by atomic mass is 9.86. The molecule has 0 saturated heterocycles. The molecule has 1 aromatic heterocycles. The van der Waals surface area contributed by atoms with Crippen molar-refractivity contribution in [1.82, 2.24) is 20.2 Å². The average Bonchev–Trinajstić information content (AvgIpc) is 2.87. The maximum absolute atomic E-state index is 5.91. The highest BCUT2D eigenvalue weighted by Gasteiger charge is 2.26. The van der Waals surface area contributed by atoms with Gasteiger partial charge in [0, 0.05) is 15.7 Å². The van der Waals surface area contributed by atoms with Crippen molar-refractivity contribution in [1.29, 1.82) is 0 Å². The van der Waals surface area contributed by atoms with E-state index in [0.717, 1.165) is 22.3 Å². The summed E-state index contributed by atoms with van der Waals surface area (Å²) in [6.45, 7) is 2.28. The van der Waals surface area contributed by atoms with Crippen molar-refractivity contribution >= 4 is 21.6 Å². The van der Waals surface area contributed by atoms with Crippen LogP contribution in [-0.4, -0.2) is 20.2 Å². The third-order valence-corrected chi connectivity index (χ3v) is 4.51. The Bertz CT molecular complexity index is 589. The summed E-state index contributed by atoms with van der Waals surface area (Å²) in [5, 5.41) is 12.3. The summed E-state index contributed by atoms with van der Waals surface area (Å²) in [5.41, 5.74) is 7.58. The van der Waals surface area contributed by atoms with Gasteiger partial charge in [-0.1, -0.05) is 35.7 Å². The van der Waals surface area contributed by atoms with Gasteiger partial charge in [-0.15, -0.1) is 5.10 Å². The number of nitrogens with zero attached hydrogens (tertiary/aromatic N) is 4. The van der Waals surface area contributed by atoms with Crippen molar-refractivity contribution < 1.29 is 0 Å². The zero-order chi connectivity index (χ0) is 14.1. The first-order valence-electron chi connectivity index (χ1n) is 6.99. The monoisotopic (exact) mass is 335 g/mol. The Balaban J connectivity index is 2.01. The number of anilines is 1. The van der Waals surface area contributed by atoms with Gasteiger partial charge in [0.2, 0.25) is 0 Å². The Morgan fingerprint density at radius 2 is 2.05 bits per heavy atom. The first-order valence-corrected chi connectivity index (χ1v) is 7.79. The van der Waals surface area contributed by atoms with Gasteiger partial charge in [-0.2, -0.15) is 0 Å². The Hall–Kier alpha value is -1.43. The Morgan fingerprint density at radius 3 is 2.80 bits per heavy atom. The lowest BCUT2D eigenvalue weighted by Gasteiger charge is -2.29. The highest BCUT2D eigenvalue weighted by atomic mass is 79.9. The largest absolute Gasteiger partial charge is 0.399 e. The molecular weight excluding hydrogens is 318 g/mol. The van der Waals surface area contributed by atoms with Gasteiger partial charge in [-0.25, -0.2) is 4.68 Å². The number of nitrogens with two attached hydrogens (primary N) is 1. The molecular formula is C14H18BrN5. The minimum atomic E-state index is 0.383. The zero-order valence-electron chi connectivity index (χ0n) is 11.5. The molecule has 2 unspecified atom stereocenters. The van der Waals surface area contributed by atoms with Gasteiger partial charge in [0.15, 0.2) is 5.82 Å². The molecule has 1 aliphatic carbocycles. The minimum absolute atomic E-state index is 0.383. The highest BCUT2D eigenvalue weighted by molar-refractivity contribution is 9.10. The number of rotatable bonds is 2. The van der Waals surface area contributed by atoms with Gasteiger partial charge in [0.25, 0.3) is 0 Å². The third-order valence-electron chi connectivity index (χ3n) is 4.05. The van der Waals surface area contributed by atoms with Crippen LogP contribution in [-0.2, 0) is 0 Å². The summed E-state index contributed by atoms with van der Waals surface area (Å²) in [5.74, 6) is 1.41. The molecule has 2 aromatic rings. The number of tetrazole rings is 1. The summed E-state index contributed by atoms with van der Waals surface area (Å²) in [7, 11) is 0. The fourth-order valence-electron chi connectivity index (χ4n) is 3.01. The summed E-state index contributed by atoms with van der Waals surface area (Å²) < 4.78 is 2.92. The van der Waals surface area contributed by atoms with E-state index in [4.69, 9.17) is 5.73 Å². The van der Waals surface area contributed by atoms with E-state index in [1.54, 1.807) is 0 Å². The van der Waals surface area contributed by atoms with E-state index in [9.17, 15) is 0 Å². The van der Waals surface area contributed by atoms with Gasteiger partial charge < -0.3 is 5.73 Å². The molecule has 2 atom stereocenters. The first-order chi connectivity index (χ1) is 9.65. The van der Waals surface area contributed by atoms with E-state index in [1.165, 1.54) is 19.3 Å². The number of benzene rings is 1. The quantitative estimate of drug-likeness (QED) is 0.853. The molecule has 1 fully saturated rings. The minimum Gasteiger partial charge on any atom is -0.399 e. The maximum Gasteiger partial charge on any atom is 0.182 e. The van der Waals surface area contributed by atoms with Crippen LogP contribution in [0.25, 0.3) is 11.4 Å². The van der Waals surface area contributed by atoms with Gasteiger partial charge in [-0.05, 0) is 47.4 Å². The molecule has 5 nitrogen and oxygen atoms in total. The third kappa shape index (κ3) is 2.57. The van der Waals surface area contributed by atoms with E-state index in [-0.39, 0.29) is 0 Å². The summed E-state index contributed by atoms with van der Waals surface area (Å²) in [4.78, 5) is 0. The molecule has 1 heterocycles. The Kier molecular flexibility index (Phi) is 3.74. The van der Waals surface area contributed by atoms with Crippen LogP contribution in [0.15, 0.2) is 22.7 Å². The predicted octanol–water partition coefficient (Wildman–Crippen LogP) is 3.44. The average molecular weight is 336 g/mol. The highest BCUT2D eigenvalue weighted by Crippen LogP contribution is 2.35. The second-order valence-electron chi connectivity index (χ2n) is 5.55. The fourth-order valence-corrected chi connectivity index (χ4v) is 3.52. The van der Waals surface area contributed by atoms with Gasteiger partial charge in [0.1, 0.15) is 0 Å². The predicted molar refractivity (Wildman–Crippen MR) is 82.0 cm³/mol. The van der Waals surface area contributed by atoms with E-state index < -0.39 is 0 Å². The Labute approximate surface area is 126 Å². The van der Waals surface area contributed by atoms with Crippen LogP contribution in [0.5, 0.6) is 0 Å². The van der Waals surface area contributed by atoms with Crippen LogP contribution in [0.2, 0.25) is 0 Å². The molecule has 1 saturated carbocycles. The summed E-state index contributed by atoms with van der Waals surface area (Å²) >= 11 is 3.47. The van der Waals surface area contributed by atoms with Crippen LogP contribution in [0.1, 0.15) is 38.6 Å². The molecule has 106 valence electrons. The number of hydrogen-bond donors (Lipinski definition) is 1. The van der Waals surface area contributed by atoms with Crippen molar-refractivity contribution in [2.75, 3.05) is 5.73 Å². The van der Waals surface area contributed by atoms with E-state index in [2.05, 4.69) is 38.4 Å². The van der Waals surface area contributed by atoms with Crippen molar-refractivity contribution in [3.05, 3.63) is 22.7 Å². The molecule has 20 heavy (non-hydrogen) atoms. The smallest absolute Gasteiger partial charge is 0.182 e. The first kappa shape index (κ1) is 13.5. The van der Waals surface area contributed by atoms with Gasteiger partial charge >= 0.3 is 0 Å². The van der Waals surface area contributed by atoms with Crippen LogP contribution in [0.3, 0.4) is 0 Å². The van der Waals surface area contributed by atoms with E-state index >= 15 is 0 Å². The van der Waals surface area contributed by atoms with Gasteiger partial charge in [0.05, 0.1) is 6.04 Å². The fraction of sp³-hybridized carbons (Fsp3) is 0.500. The number of aromatic nitrogens is 4. The lowest BCUT2D eigenvalue weighted by molar-refractivity contribution is 0.239. The van der Waals surface area contributed by atoms with Crippen LogP contribution in [0.4, 0.5) is 5.69 Å². The van der Waals surface area contributed by atoms with Crippen molar-refractivity contribution in [3.8, 4) is 11.4 Å². The zero-order valence-corrected chi connectivity index (χ0v) is 13.0. The van der Waals surface area contributed by atoms with Crippen LogP contribution < -0.4 is 5.73 Å². The molecule has 6 heteroatoms. The van der Waals surface area contributed by atoms with Crippen molar-refractivity contribution in [2.45, 2.75) is 38.6 Å². The van der Waals surface area contributed by atoms with Crippen LogP contribution >= 0.6 is 15.9 Å². The number of nitrogen functional groups attached to an aromatic ring is 1. The second-order valence-corrected chi connectivity index (χ2v) is 6.47. The maximum atomic E-state index is 5.91. The summed E-state index contributed by atoms with van der Waals surface area (Å²) in [6.07, 6.45) is 4.93. The van der Waals surface area contributed by atoms with Crippen molar-refractivity contribution in [3.63, 3.8) is 0 Å². The molecule has 0 amide bonds.